The minimum absolute atomic E-state index is 0.0750. The van der Waals surface area contributed by atoms with E-state index in [0.717, 1.165) is 12.1 Å². The van der Waals surface area contributed by atoms with E-state index in [4.69, 9.17) is 0 Å². The molecule has 0 radical (unpaired) electrons. The number of benzene rings is 2. The van der Waals surface area contributed by atoms with Crippen molar-refractivity contribution >= 4 is 11.6 Å². The van der Waals surface area contributed by atoms with E-state index in [-0.39, 0.29) is 5.91 Å². The highest BCUT2D eigenvalue weighted by atomic mass is 16.1. The molecule has 0 heterocycles. The van der Waals surface area contributed by atoms with E-state index in [0.29, 0.717) is 18.3 Å². The summed E-state index contributed by atoms with van der Waals surface area (Å²) in [6, 6.07) is 16.6. The number of carbonyl (C=O) groups excluding carboxylic acids is 1. The first kappa shape index (κ1) is 17.3. The maximum atomic E-state index is 12.2. The second-order valence-corrected chi connectivity index (χ2v) is 6.69. The number of hydrogen-bond acceptors (Lipinski definition) is 1. The molecule has 0 aliphatic heterocycles. The van der Waals surface area contributed by atoms with Crippen molar-refractivity contribution in [2.45, 2.75) is 52.4 Å². The molecule has 2 rings (SSSR count). The number of anilines is 1. The molecular weight excluding hydrogens is 282 g/mol. The van der Waals surface area contributed by atoms with Gasteiger partial charge in [-0.15, -0.1) is 0 Å². The van der Waals surface area contributed by atoms with Gasteiger partial charge < -0.3 is 5.32 Å². The lowest BCUT2D eigenvalue weighted by Gasteiger charge is -2.13. The molecule has 0 spiro atoms. The SMILES string of the molecule is CC(C)c1ccc(CCC(=O)Nc2ccccc2C(C)C)cc1. The Kier molecular flexibility index (Phi) is 5.97. The molecule has 0 saturated carbocycles. The zero-order valence-corrected chi connectivity index (χ0v) is 14.6. The Balaban J connectivity index is 1.93. The summed E-state index contributed by atoms with van der Waals surface area (Å²) in [6.07, 6.45) is 1.28. The third kappa shape index (κ3) is 4.95. The molecule has 2 heteroatoms. The third-order valence-corrected chi connectivity index (χ3v) is 4.14. The Morgan fingerprint density at radius 1 is 0.913 bits per heavy atom. The van der Waals surface area contributed by atoms with Gasteiger partial charge in [0.2, 0.25) is 5.91 Å². The molecule has 0 fully saturated rings. The van der Waals surface area contributed by atoms with Crippen molar-refractivity contribution < 1.29 is 4.79 Å². The van der Waals surface area contributed by atoms with Gasteiger partial charge in [0.25, 0.3) is 0 Å². The first-order valence-corrected chi connectivity index (χ1v) is 8.45. The summed E-state index contributed by atoms with van der Waals surface area (Å²) in [5, 5.41) is 3.05. The molecular formula is C21H27NO. The molecule has 0 unspecified atom stereocenters. The van der Waals surface area contributed by atoms with E-state index in [1.807, 2.05) is 18.2 Å². The number of para-hydroxylation sites is 1. The third-order valence-electron chi connectivity index (χ3n) is 4.14. The molecule has 0 bridgehead atoms. The molecule has 0 aliphatic carbocycles. The van der Waals surface area contributed by atoms with Crippen LogP contribution >= 0.6 is 0 Å². The summed E-state index contributed by atoms with van der Waals surface area (Å²) in [6.45, 7) is 8.66. The van der Waals surface area contributed by atoms with Gasteiger partial charge in [0.05, 0.1) is 0 Å². The normalized spacial score (nSPS) is 11.0. The van der Waals surface area contributed by atoms with Crippen molar-refractivity contribution in [3.63, 3.8) is 0 Å². The maximum Gasteiger partial charge on any atom is 0.224 e. The molecule has 0 atom stereocenters. The molecule has 0 saturated heterocycles. The molecule has 122 valence electrons. The van der Waals surface area contributed by atoms with Gasteiger partial charge in [-0.25, -0.2) is 0 Å². The van der Waals surface area contributed by atoms with Crippen LogP contribution in [-0.4, -0.2) is 5.91 Å². The average Bonchev–Trinajstić information content (AvgIpc) is 2.53. The van der Waals surface area contributed by atoms with E-state index >= 15 is 0 Å². The van der Waals surface area contributed by atoms with Gasteiger partial charge in [-0.05, 0) is 41.0 Å². The number of hydrogen-bond donors (Lipinski definition) is 1. The maximum absolute atomic E-state index is 12.2. The zero-order valence-electron chi connectivity index (χ0n) is 14.6. The van der Waals surface area contributed by atoms with Crippen molar-refractivity contribution in [2.75, 3.05) is 5.32 Å². The zero-order chi connectivity index (χ0) is 16.8. The Morgan fingerprint density at radius 3 is 2.17 bits per heavy atom. The van der Waals surface area contributed by atoms with E-state index in [9.17, 15) is 4.79 Å². The van der Waals surface area contributed by atoms with Gasteiger partial charge in [-0.1, -0.05) is 70.2 Å². The van der Waals surface area contributed by atoms with Crippen LogP contribution in [0.1, 0.15) is 62.6 Å². The molecule has 23 heavy (non-hydrogen) atoms. The lowest BCUT2D eigenvalue weighted by molar-refractivity contribution is -0.116. The Bertz CT molecular complexity index is 641. The number of amides is 1. The second-order valence-electron chi connectivity index (χ2n) is 6.69. The fourth-order valence-electron chi connectivity index (χ4n) is 2.65. The Labute approximate surface area is 139 Å². The van der Waals surface area contributed by atoms with Crippen LogP contribution < -0.4 is 5.32 Å². The lowest BCUT2D eigenvalue weighted by atomic mass is 10.00. The van der Waals surface area contributed by atoms with Crippen LogP contribution in [0.2, 0.25) is 0 Å². The molecule has 1 amide bonds. The van der Waals surface area contributed by atoms with Gasteiger partial charge in [0.15, 0.2) is 0 Å². The topological polar surface area (TPSA) is 29.1 Å². The van der Waals surface area contributed by atoms with E-state index < -0.39 is 0 Å². The molecule has 1 N–H and O–H groups in total. The van der Waals surface area contributed by atoms with E-state index in [2.05, 4.69) is 63.3 Å². The minimum atomic E-state index is 0.0750. The van der Waals surface area contributed by atoms with E-state index in [1.54, 1.807) is 0 Å². The first-order valence-electron chi connectivity index (χ1n) is 8.45. The van der Waals surface area contributed by atoms with Crippen molar-refractivity contribution in [3.8, 4) is 0 Å². The fraction of sp³-hybridized carbons (Fsp3) is 0.381. The van der Waals surface area contributed by atoms with Gasteiger partial charge in [-0.3, -0.25) is 4.79 Å². The van der Waals surface area contributed by atoms with Crippen molar-refractivity contribution in [3.05, 3.63) is 65.2 Å². The Morgan fingerprint density at radius 2 is 1.57 bits per heavy atom. The molecule has 0 aromatic heterocycles. The smallest absolute Gasteiger partial charge is 0.224 e. The van der Waals surface area contributed by atoms with Crippen LogP contribution in [0.15, 0.2) is 48.5 Å². The Hall–Kier alpha value is -2.09. The van der Waals surface area contributed by atoms with Gasteiger partial charge in [-0.2, -0.15) is 0 Å². The van der Waals surface area contributed by atoms with Gasteiger partial charge >= 0.3 is 0 Å². The standard InChI is InChI=1S/C21H27NO/c1-15(2)18-12-9-17(10-13-18)11-14-21(23)22-20-8-6-5-7-19(20)16(3)4/h5-10,12-13,15-16H,11,14H2,1-4H3,(H,22,23). The summed E-state index contributed by atoms with van der Waals surface area (Å²) in [5.74, 6) is 1.01. The molecule has 2 aromatic rings. The molecule has 2 aromatic carbocycles. The molecule has 0 aliphatic rings. The lowest BCUT2D eigenvalue weighted by Crippen LogP contribution is -2.14. The second kappa shape index (κ2) is 7.96. The highest BCUT2D eigenvalue weighted by molar-refractivity contribution is 5.91. The number of aryl methyl sites for hydroxylation is 1. The minimum Gasteiger partial charge on any atom is -0.326 e. The van der Waals surface area contributed by atoms with Crippen LogP contribution in [-0.2, 0) is 11.2 Å². The summed E-state index contributed by atoms with van der Waals surface area (Å²) in [5.41, 5.74) is 4.66. The van der Waals surface area contributed by atoms with Crippen LogP contribution in [0.5, 0.6) is 0 Å². The van der Waals surface area contributed by atoms with Crippen LogP contribution in [0.4, 0.5) is 5.69 Å². The van der Waals surface area contributed by atoms with Crippen LogP contribution in [0, 0.1) is 0 Å². The van der Waals surface area contributed by atoms with Crippen LogP contribution in [0.3, 0.4) is 0 Å². The fourth-order valence-corrected chi connectivity index (χ4v) is 2.65. The van der Waals surface area contributed by atoms with E-state index in [1.165, 1.54) is 16.7 Å². The quantitative estimate of drug-likeness (QED) is 0.749. The summed E-state index contributed by atoms with van der Waals surface area (Å²) >= 11 is 0. The van der Waals surface area contributed by atoms with Gasteiger partial charge in [0.1, 0.15) is 0 Å². The summed E-state index contributed by atoms with van der Waals surface area (Å²) in [7, 11) is 0. The number of rotatable bonds is 6. The highest BCUT2D eigenvalue weighted by Gasteiger charge is 2.09. The monoisotopic (exact) mass is 309 g/mol. The van der Waals surface area contributed by atoms with Crippen LogP contribution in [0.25, 0.3) is 0 Å². The predicted octanol–water partition coefficient (Wildman–Crippen LogP) is 5.50. The van der Waals surface area contributed by atoms with Crippen molar-refractivity contribution in [2.24, 2.45) is 0 Å². The largest absolute Gasteiger partial charge is 0.326 e. The predicted molar refractivity (Wildman–Crippen MR) is 98.0 cm³/mol. The summed E-state index contributed by atoms with van der Waals surface area (Å²) < 4.78 is 0. The van der Waals surface area contributed by atoms with Crippen molar-refractivity contribution in [1.29, 1.82) is 0 Å². The average molecular weight is 309 g/mol. The number of nitrogens with one attached hydrogen (secondary N) is 1. The van der Waals surface area contributed by atoms with Crippen molar-refractivity contribution in [1.82, 2.24) is 0 Å². The highest BCUT2D eigenvalue weighted by Crippen LogP contribution is 2.24. The van der Waals surface area contributed by atoms with Gasteiger partial charge in [0, 0.05) is 12.1 Å². The molecule has 2 nitrogen and oxygen atoms in total. The first-order chi connectivity index (χ1) is 11.0. The summed E-state index contributed by atoms with van der Waals surface area (Å²) in [4.78, 5) is 12.2. The number of carbonyl (C=O) groups is 1.